The Morgan fingerprint density at radius 1 is 1.50 bits per heavy atom. The first-order valence-electron chi connectivity index (χ1n) is 5.10. The molecule has 1 fully saturated rings. The topological polar surface area (TPSA) is 38.3 Å². The van der Waals surface area contributed by atoms with Gasteiger partial charge in [-0.3, -0.25) is 4.79 Å². The van der Waals surface area contributed by atoms with Crippen molar-refractivity contribution in [3.8, 4) is 12.3 Å². The van der Waals surface area contributed by atoms with Gasteiger partial charge >= 0.3 is 0 Å². The minimum atomic E-state index is 0.0986. The Morgan fingerprint density at radius 2 is 2.21 bits per heavy atom. The van der Waals surface area contributed by atoms with Crippen LogP contribution in [0.2, 0.25) is 0 Å². The lowest BCUT2D eigenvalue weighted by molar-refractivity contribution is -0.119. The lowest BCUT2D eigenvalue weighted by atomic mass is 10.1. The molecule has 0 radical (unpaired) electrons. The monoisotopic (exact) mass is 195 g/mol. The summed E-state index contributed by atoms with van der Waals surface area (Å²) in [5.41, 5.74) is 0. The van der Waals surface area contributed by atoms with E-state index in [9.17, 15) is 4.79 Å². The van der Waals surface area contributed by atoms with Gasteiger partial charge in [0.05, 0.1) is 19.1 Å². The maximum atomic E-state index is 11.0. The molecule has 0 atom stereocenters. The molecule has 0 amide bonds. The number of ketones is 1. The second-order valence-corrected chi connectivity index (χ2v) is 3.49. The Hall–Kier alpha value is -0.850. The third-order valence-corrected chi connectivity index (χ3v) is 2.32. The summed E-state index contributed by atoms with van der Waals surface area (Å²) >= 11 is 0. The molecule has 0 aromatic carbocycles. The second kappa shape index (κ2) is 6.58. The van der Waals surface area contributed by atoms with Crippen LogP contribution in [0.3, 0.4) is 0 Å². The van der Waals surface area contributed by atoms with Gasteiger partial charge in [-0.2, -0.15) is 0 Å². The average Bonchev–Trinajstić information content (AvgIpc) is 2.20. The van der Waals surface area contributed by atoms with Crippen LogP contribution in [-0.2, 0) is 9.53 Å². The van der Waals surface area contributed by atoms with Gasteiger partial charge in [0, 0.05) is 6.42 Å². The van der Waals surface area contributed by atoms with E-state index in [4.69, 9.17) is 11.2 Å². The van der Waals surface area contributed by atoms with Crippen molar-refractivity contribution in [3.63, 3.8) is 0 Å². The molecule has 14 heavy (non-hydrogen) atoms. The Morgan fingerprint density at radius 3 is 2.86 bits per heavy atom. The zero-order valence-electron chi connectivity index (χ0n) is 8.42. The zero-order valence-corrected chi connectivity index (χ0v) is 8.42. The van der Waals surface area contributed by atoms with E-state index in [1.807, 2.05) is 0 Å². The summed E-state index contributed by atoms with van der Waals surface area (Å²) in [5, 5.41) is 3.26. The molecule has 0 unspecified atom stereocenters. The standard InChI is InChI=1S/C11H17NO2/c1-2-3-10(13)6-9-14-11-4-7-12-8-5-11/h1,11-12H,3-9H2. The largest absolute Gasteiger partial charge is 0.378 e. The quantitative estimate of drug-likeness (QED) is 0.657. The predicted molar refractivity (Wildman–Crippen MR) is 54.9 cm³/mol. The van der Waals surface area contributed by atoms with Gasteiger partial charge in [-0.05, 0) is 25.9 Å². The molecular formula is C11H17NO2. The second-order valence-electron chi connectivity index (χ2n) is 3.49. The molecule has 78 valence electrons. The van der Waals surface area contributed by atoms with Crippen molar-refractivity contribution >= 4 is 5.78 Å². The highest BCUT2D eigenvalue weighted by atomic mass is 16.5. The van der Waals surface area contributed by atoms with Crippen LogP contribution >= 0.6 is 0 Å². The maximum Gasteiger partial charge on any atom is 0.147 e. The third kappa shape index (κ3) is 4.40. The van der Waals surface area contributed by atoms with Crippen LogP contribution in [0, 0.1) is 12.3 Å². The van der Waals surface area contributed by atoms with Gasteiger partial charge in [0.1, 0.15) is 5.78 Å². The van der Waals surface area contributed by atoms with Crippen molar-refractivity contribution in [3.05, 3.63) is 0 Å². The summed E-state index contributed by atoms with van der Waals surface area (Å²) in [6.07, 6.45) is 8.13. The average molecular weight is 195 g/mol. The number of carbonyl (C=O) groups excluding carboxylic acids is 1. The smallest absolute Gasteiger partial charge is 0.147 e. The number of terminal acetylenes is 1. The summed E-state index contributed by atoms with van der Waals surface area (Å²) in [5.74, 6) is 2.44. The number of carbonyl (C=O) groups is 1. The number of piperidine rings is 1. The van der Waals surface area contributed by atoms with Gasteiger partial charge in [-0.1, -0.05) is 5.92 Å². The predicted octanol–water partition coefficient (Wildman–Crippen LogP) is 0.737. The van der Waals surface area contributed by atoms with Gasteiger partial charge in [0.25, 0.3) is 0 Å². The Bertz CT molecular complexity index is 214. The number of rotatable bonds is 5. The van der Waals surface area contributed by atoms with E-state index in [2.05, 4.69) is 11.2 Å². The van der Waals surface area contributed by atoms with E-state index >= 15 is 0 Å². The number of hydrogen-bond acceptors (Lipinski definition) is 3. The van der Waals surface area contributed by atoms with Gasteiger partial charge in [-0.25, -0.2) is 0 Å². The van der Waals surface area contributed by atoms with E-state index in [-0.39, 0.29) is 12.2 Å². The Balaban J connectivity index is 2.03. The summed E-state index contributed by atoms with van der Waals surface area (Å²) in [7, 11) is 0. The minimum Gasteiger partial charge on any atom is -0.378 e. The van der Waals surface area contributed by atoms with Crippen LogP contribution in [0.1, 0.15) is 25.7 Å². The molecule has 1 aliphatic rings. The van der Waals surface area contributed by atoms with Crippen LogP contribution in [0.15, 0.2) is 0 Å². The number of hydrogen-bond donors (Lipinski definition) is 1. The van der Waals surface area contributed by atoms with E-state index in [1.165, 1.54) is 0 Å². The molecule has 1 N–H and O–H groups in total. The first-order valence-corrected chi connectivity index (χ1v) is 5.10. The van der Waals surface area contributed by atoms with Crippen molar-refractivity contribution in [2.24, 2.45) is 0 Å². The first kappa shape index (κ1) is 11.2. The lowest BCUT2D eigenvalue weighted by Gasteiger charge is -2.22. The molecule has 1 rings (SSSR count). The van der Waals surface area contributed by atoms with Crippen molar-refractivity contribution in [2.75, 3.05) is 19.7 Å². The molecule has 0 spiro atoms. The molecule has 1 aliphatic heterocycles. The molecular weight excluding hydrogens is 178 g/mol. The molecule has 1 heterocycles. The summed E-state index contributed by atoms with van der Waals surface area (Å²) < 4.78 is 5.57. The highest BCUT2D eigenvalue weighted by molar-refractivity contribution is 5.80. The highest BCUT2D eigenvalue weighted by Gasteiger charge is 2.13. The fourth-order valence-corrected chi connectivity index (χ4v) is 1.50. The summed E-state index contributed by atoms with van der Waals surface area (Å²) in [6, 6.07) is 0. The van der Waals surface area contributed by atoms with E-state index < -0.39 is 0 Å². The Kier molecular flexibility index (Phi) is 5.28. The molecule has 1 saturated heterocycles. The van der Waals surface area contributed by atoms with Crippen LogP contribution in [-0.4, -0.2) is 31.6 Å². The maximum absolute atomic E-state index is 11.0. The number of nitrogens with one attached hydrogen (secondary N) is 1. The molecule has 0 aromatic heterocycles. The van der Waals surface area contributed by atoms with Gasteiger partial charge in [0.15, 0.2) is 0 Å². The van der Waals surface area contributed by atoms with E-state index in [0.717, 1.165) is 25.9 Å². The van der Waals surface area contributed by atoms with Crippen molar-refractivity contribution in [2.45, 2.75) is 31.8 Å². The van der Waals surface area contributed by atoms with Gasteiger partial charge in [-0.15, -0.1) is 6.42 Å². The lowest BCUT2D eigenvalue weighted by Crippen LogP contribution is -2.32. The first-order chi connectivity index (χ1) is 6.83. The normalized spacial score (nSPS) is 17.6. The van der Waals surface area contributed by atoms with Gasteiger partial charge in [0.2, 0.25) is 0 Å². The summed E-state index contributed by atoms with van der Waals surface area (Å²) in [4.78, 5) is 11.0. The SMILES string of the molecule is C#CCC(=O)CCOC1CCNCC1. The summed E-state index contributed by atoms with van der Waals surface area (Å²) in [6.45, 7) is 2.55. The van der Waals surface area contributed by atoms with Crippen molar-refractivity contribution in [1.29, 1.82) is 0 Å². The van der Waals surface area contributed by atoms with Crippen molar-refractivity contribution in [1.82, 2.24) is 5.32 Å². The van der Waals surface area contributed by atoms with Crippen LogP contribution < -0.4 is 5.32 Å². The highest BCUT2D eigenvalue weighted by Crippen LogP contribution is 2.07. The van der Waals surface area contributed by atoms with E-state index in [1.54, 1.807) is 0 Å². The number of Topliss-reactive ketones (excluding diaryl/α,β-unsaturated/α-hetero) is 1. The van der Waals surface area contributed by atoms with E-state index in [0.29, 0.717) is 19.1 Å². The fraction of sp³-hybridized carbons (Fsp3) is 0.727. The molecule has 3 heteroatoms. The van der Waals surface area contributed by atoms with Crippen LogP contribution in [0.5, 0.6) is 0 Å². The minimum absolute atomic E-state index is 0.0986. The zero-order chi connectivity index (χ0) is 10.2. The third-order valence-electron chi connectivity index (χ3n) is 2.32. The molecule has 0 saturated carbocycles. The van der Waals surface area contributed by atoms with Crippen molar-refractivity contribution < 1.29 is 9.53 Å². The van der Waals surface area contributed by atoms with Gasteiger partial charge < -0.3 is 10.1 Å². The molecule has 0 bridgehead atoms. The Labute approximate surface area is 85.2 Å². The van der Waals surface area contributed by atoms with Crippen LogP contribution in [0.25, 0.3) is 0 Å². The number of ether oxygens (including phenoxy) is 1. The molecule has 0 aromatic rings. The fourth-order valence-electron chi connectivity index (χ4n) is 1.50. The molecule has 0 aliphatic carbocycles. The molecule has 3 nitrogen and oxygen atoms in total. The van der Waals surface area contributed by atoms with Crippen LogP contribution in [0.4, 0.5) is 0 Å².